The molecule has 132 heavy (non-hydrogen) atoms. The van der Waals surface area contributed by atoms with Crippen LogP contribution in [0.5, 0.6) is 0 Å². The van der Waals surface area contributed by atoms with E-state index in [0.29, 0.717) is 5.46 Å². The van der Waals surface area contributed by atoms with Crippen molar-refractivity contribution in [3.63, 3.8) is 0 Å². The highest BCUT2D eigenvalue weighted by atomic mass is 79.9. The van der Waals surface area contributed by atoms with Gasteiger partial charge in [0.1, 0.15) is 44.7 Å². The molecule has 0 aliphatic heterocycles. The maximum absolute atomic E-state index is 10.2. The third-order valence-corrected chi connectivity index (χ3v) is 26.9. The first-order chi connectivity index (χ1) is 65.1. The smallest absolute Gasteiger partial charge is 0.456 e. The summed E-state index contributed by atoms with van der Waals surface area (Å²) in [6.07, 6.45) is 0. The fourth-order valence-corrected chi connectivity index (χ4v) is 21.0. The second-order valence-corrected chi connectivity index (χ2v) is 35.1. The lowest BCUT2D eigenvalue weighted by molar-refractivity contribution is 0.425. The molecule has 8 heterocycles. The van der Waals surface area contributed by atoms with Crippen molar-refractivity contribution in [2.45, 2.75) is 0 Å². The first-order valence-corrected chi connectivity index (χ1v) is 45.2. The van der Waals surface area contributed by atoms with E-state index in [-0.39, 0.29) is 0 Å². The summed E-state index contributed by atoms with van der Waals surface area (Å²) in [7, 11) is -1.58. The van der Waals surface area contributed by atoms with Crippen molar-refractivity contribution in [3.8, 4) is 78.4 Å². The van der Waals surface area contributed by atoms with E-state index >= 15 is 0 Å². The molecule has 0 saturated carbocycles. The molecule has 0 radical (unpaired) electrons. The van der Waals surface area contributed by atoms with Gasteiger partial charge in [-0.2, -0.15) is 0 Å². The number of rotatable bonds is 10. The quantitative estimate of drug-likeness (QED) is 0.132. The van der Waals surface area contributed by atoms with Crippen LogP contribution in [0.15, 0.2) is 459 Å². The maximum atomic E-state index is 10.2. The van der Waals surface area contributed by atoms with Crippen LogP contribution in [0.4, 0.5) is 0 Å². The van der Waals surface area contributed by atoms with Crippen LogP contribution in [0.1, 0.15) is 0 Å². The average molecular weight is 1760 g/mol. The molecule has 0 spiro atoms. The number of furan rings is 4. The minimum atomic E-state index is -1.58. The Labute approximate surface area is 763 Å². The zero-order valence-electron chi connectivity index (χ0n) is 70.8. The predicted octanol–water partition coefficient (Wildman–Crippen LogP) is 31.8. The Morgan fingerprint density at radius 2 is 0.364 bits per heavy atom. The second kappa shape index (κ2) is 30.8. The van der Waals surface area contributed by atoms with E-state index in [1.807, 2.05) is 103 Å². The lowest BCUT2D eigenvalue weighted by Gasteiger charge is -2.17. The summed E-state index contributed by atoms with van der Waals surface area (Å²) in [4.78, 5) is 0. The molecule has 0 fully saturated rings. The van der Waals surface area contributed by atoms with Gasteiger partial charge in [-0.1, -0.05) is 265 Å². The summed E-state index contributed by atoms with van der Waals surface area (Å²) in [5.41, 5.74) is 31.9. The normalized spacial score (nSPS) is 11.9. The lowest BCUT2D eigenvalue weighted by atomic mass is 9.78. The molecule has 12 heteroatoms. The highest BCUT2D eigenvalue weighted by Gasteiger charge is 2.24. The summed E-state index contributed by atoms with van der Waals surface area (Å²) in [6.45, 7) is 0. The van der Waals surface area contributed by atoms with Crippen molar-refractivity contribution in [2.75, 3.05) is 0 Å². The second-order valence-electron chi connectivity index (χ2n) is 34.1. The van der Waals surface area contributed by atoms with Crippen LogP contribution in [0, 0.1) is 0 Å². The molecular weight excluding hydrogens is 1680 g/mol. The Balaban J connectivity index is 0.000000113. The number of para-hydroxylation sites is 12. The molecule has 0 amide bonds. The summed E-state index contributed by atoms with van der Waals surface area (Å²) in [5.74, 6) is 0. The van der Waals surface area contributed by atoms with E-state index < -0.39 is 7.12 Å². The van der Waals surface area contributed by atoms with Crippen molar-refractivity contribution in [3.05, 3.63) is 441 Å². The topological polar surface area (TPSA) is 113 Å². The largest absolute Gasteiger partial charge is 0.488 e. The van der Waals surface area contributed by atoms with E-state index in [2.05, 4.69) is 368 Å². The monoisotopic (exact) mass is 1760 g/mol. The zero-order chi connectivity index (χ0) is 87.3. The van der Waals surface area contributed by atoms with E-state index in [1.54, 1.807) is 0 Å². The van der Waals surface area contributed by atoms with Gasteiger partial charge in [0.05, 0.1) is 44.1 Å². The number of nitrogens with zero attached hydrogens (tertiary/aromatic N) is 4. The van der Waals surface area contributed by atoms with E-state index in [0.717, 1.165) is 192 Å². The number of fused-ring (bicyclic) bond motifs is 24. The minimum absolute atomic E-state index is 0.441. The van der Waals surface area contributed by atoms with Crippen LogP contribution in [-0.4, -0.2) is 35.4 Å². The molecule has 0 saturated heterocycles. The third kappa shape index (κ3) is 12.7. The zero-order valence-corrected chi connectivity index (χ0v) is 72.4. The van der Waals surface area contributed by atoms with Gasteiger partial charge in [-0.05, 0) is 249 Å². The molecule has 620 valence electrons. The molecular formula is C120H74BBrN4O6. The minimum Gasteiger partial charge on any atom is -0.456 e. The van der Waals surface area contributed by atoms with Crippen molar-refractivity contribution in [2.24, 2.45) is 0 Å². The molecule has 10 nitrogen and oxygen atoms in total. The number of hydrogen-bond donors (Lipinski definition) is 2. The van der Waals surface area contributed by atoms with Gasteiger partial charge in [0, 0.05) is 113 Å². The summed E-state index contributed by atoms with van der Waals surface area (Å²) < 4.78 is 35.1. The number of halogens is 1. The van der Waals surface area contributed by atoms with Crippen LogP contribution in [0.2, 0.25) is 0 Å². The molecule has 20 aromatic carbocycles. The Hall–Kier alpha value is -16.7. The summed E-state index contributed by atoms with van der Waals surface area (Å²) >= 11 is 3.77. The molecule has 0 atom stereocenters. The molecule has 28 rings (SSSR count). The summed E-state index contributed by atoms with van der Waals surface area (Å²) in [6, 6.07) is 154. The highest BCUT2D eigenvalue weighted by molar-refractivity contribution is 9.10. The van der Waals surface area contributed by atoms with Gasteiger partial charge >= 0.3 is 7.12 Å². The Kier molecular flexibility index (Phi) is 17.8. The van der Waals surface area contributed by atoms with E-state index in [1.165, 1.54) is 65.4 Å². The van der Waals surface area contributed by atoms with Crippen molar-refractivity contribution in [1.29, 1.82) is 0 Å². The summed E-state index contributed by atoms with van der Waals surface area (Å²) in [5, 5.41) is 38.9. The molecule has 0 bridgehead atoms. The maximum Gasteiger partial charge on any atom is 0.488 e. The van der Waals surface area contributed by atoms with Gasteiger partial charge in [-0.25, -0.2) is 0 Å². The van der Waals surface area contributed by atoms with Crippen LogP contribution in [-0.2, 0) is 0 Å². The van der Waals surface area contributed by atoms with E-state index in [9.17, 15) is 10.0 Å². The molecule has 8 aromatic heterocycles. The Morgan fingerprint density at radius 1 is 0.167 bits per heavy atom. The SMILES string of the molecule is Brc1cc(-c2ccc3oc4ccccc4c3c2)cc(-n2c3ccccc3c3ccccc32)c1.OB(O)c1cc(-c2ccc3oc4ccccc4c3c2)cc(-n2c3ccccc3c3ccccc32)c1.c1ccc2c(c1)oc1ccc(-c3cc(-c4cc(-c5ccc6oc7ccccc7c6c5)cc(-n5c6ccccc6c6ccccc65)c4)cc(-n4c5ccccc5c5ccccc54)c3)cc12. The van der Waals surface area contributed by atoms with Crippen molar-refractivity contribution < 1.29 is 27.7 Å². The van der Waals surface area contributed by atoms with Crippen LogP contribution in [0.25, 0.3) is 253 Å². The van der Waals surface area contributed by atoms with Crippen molar-refractivity contribution in [1.82, 2.24) is 18.3 Å². The first kappa shape index (κ1) is 76.5. The van der Waals surface area contributed by atoms with Crippen LogP contribution in [0.3, 0.4) is 0 Å². The molecule has 0 aliphatic carbocycles. The van der Waals surface area contributed by atoms with Crippen molar-refractivity contribution >= 4 is 203 Å². The first-order valence-electron chi connectivity index (χ1n) is 44.4. The van der Waals surface area contributed by atoms with Gasteiger partial charge < -0.3 is 46.0 Å². The van der Waals surface area contributed by atoms with Gasteiger partial charge in [-0.3, -0.25) is 0 Å². The average Bonchev–Trinajstić information content (AvgIpc) is 1.58. The van der Waals surface area contributed by atoms with Gasteiger partial charge in [-0.15, -0.1) is 0 Å². The number of benzene rings is 20. The third-order valence-electron chi connectivity index (χ3n) is 26.5. The molecule has 0 unspecified atom stereocenters. The Bertz CT molecular complexity index is 9120. The molecule has 0 aliphatic rings. The standard InChI is InChI=1S/C60H36N2O2.C30H20BNO3.C30H18BrNO/c1-7-19-53-45(13-1)46-14-2-8-20-54(46)61(53)43-31-39(37-25-27-59-51(35-37)49-17-5-11-23-57(49)63-59)29-41(33-43)42-30-40(38-26-28-60-52(36-38)50-18-6-12-24-58(50)64-60)32-44(34-42)62-55-21-9-3-15-47(55)48-16-4-10-22-56(48)62;33-31(34)21-15-20(19-13-14-30-26(17-19)25-9-3-6-12-29(25)35-30)16-22(18-21)32-27-10-4-1-7-23(27)24-8-2-5-11-28(24)32;31-21-15-20(19-13-14-30-26(17-19)25-9-3-6-12-29(25)33-30)16-22(18-21)32-27-10-4-1-7-23(27)24-8-2-5-11-28(24)32/h1-36H;1-18,33-34H;1-18H. The molecule has 28 aromatic rings. The van der Waals surface area contributed by atoms with Crippen LogP contribution < -0.4 is 5.46 Å². The van der Waals surface area contributed by atoms with Crippen LogP contribution >= 0.6 is 15.9 Å². The van der Waals surface area contributed by atoms with Gasteiger partial charge in [0.15, 0.2) is 0 Å². The molecule has 2 N–H and O–H groups in total. The fraction of sp³-hybridized carbons (Fsp3) is 0. The predicted molar refractivity (Wildman–Crippen MR) is 550 cm³/mol. The van der Waals surface area contributed by atoms with Gasteiger partial charge in [0.25, 0.3) is 0 Å². The highest BCUT2D eigenvalue weighted by Crippen LogP contribution is 2.46. The fourth-order valence-electron chi connectivity index (χ4n) is 20.5. The lowest BCUT2D eigenvalue weighted by Crippen LogP contribution is -2.30. The number of hydrogen-bond acceptors (Lipinski definition) is 6. The Morgan fingerprint density at radius 3 is 0.621 bits per heavy atom. The number of aromatic nitrogens is 4. The van der Waals surface area contributed by atoms with E-state index in [4.69, 9.17) is 17.7 Å². The van der Waals surface area contributed by atoms with Gasteiger partial charge in [0.2, 0.25) is 0 Å².